The van der Waals surface area contributed by atoms with E-state index >= 15 is 0 Å². The number of carbonyl (C=O) groups is 1. The van der Waals surface area contributed by atoms with Crippen molar-refractivity contribution in [2.45, 2.75) is 43.9 Å². The van der Waals surface area contributed by atoms with E-state index in [2.05, 4.69) is 15.4 Å². The summed E-state index contributed by atoms with van der Waals surface area (Å²) in [6.07, 6.45) is 6.79. The van der Waals surface area contributed by atoms with E-state index in [0.29, 0.717) is 17.1 Å². The van der Waals surface area contributed by atoms with Crippen molar-refractivity contribution in [3.63, 3.8) is 0 Å². The van der Waals surface area contributed by atoms with Crippen LogP contribution in [0.4, 0.5) is 0 Å². The molecule has 2 heterocycles. The van der Waals surface area contributed by atoms with Crippen molar-refractivity contribution in [2.24, 2.45) is 5.41 Å². The van der Waals surface area contributed by atoms with E-state index in [0.717, 1.165) is 55.7 Å². The number of rotatable bonds is 3. The van der Waals surface area contributed by atoms with Crippen molar-refractivity contribution in [1.82, 2.24) is 9.29 Å². The number of carbonyl (C=O) groups excluding carboxylic acids is 1. The highest BCUT2D eigenvalue weighted by molar-refractivity contribution is 7.97. The zero-order valence-corrected chi connectivity index (χ0v) is 13.5. The van der Waals surface area contributed by atoms with Gasteiger partial charge in [-0.25, -0.2) is 9.29 Å². The van der Waals surface area contributed by atoms with Crippen LogP contribution in [0.5, 0.6) is 5.88 Å². The molecule has 3 rings (SSSR count). The van der Waals surface area contributed by atoms with Crippen molar-refractivity contribution < 1.29 is 9.53 Å². The summed E-state index contributed by atoms with van der Waals surface area (Å²) in [6.45, 7) is 4.12. The number of hydrogen-bond donors (Lipinski definition) is 0. The summed E-state index contributed by atoms with van der Waals surface area (Å²) in [5.41, 5.74) is 1.46. The van der Waals surface area contributed by atoms with E-state index < -0.39 is 0 Å². The Morgan fingerprint density at radius 3 is 2.71 bits per heavy atom. The number of ketones is 1. The maximum Gasteiger partial charge on any atom is 0.228 e. The number of hydrogen-bond acceptors (Lipinski definition) is 5. The molecule has 114 valence electrons. The van der Waals surface area contributed by atoms with Crippen molar-refractivity contribution in [2.75, 3.05) is 20.2 Å². The standard InChI is InChI=1S/C16H22N2O2S/c1-12-9-14(15(20-2)17-11-12)21-18-7-5-16(6-8-18)4-3-13(19)10-16/h9,11H,3-8,10H2,1-2H3. The Hall–Kier alpha value is -1.07. The Labute approximate surface area is 130 Å². The van der Waals surface area contributed by atoms with Gasteiger partial charge >= 0.3 is 0 Å². The van der Waals surface area contributed by atoms with Crippen LogP contribution < -0.4 is 4.74 Å². The molecule has 21 heavy (non-hydrogen) atoms. The smallest absolute Gasteiger partial charge is 0.228 e. The molecule has 1 aromatic heterocycles. The summed E-state index contributed by atoms with van der Waals surface area (Å²) >= 11 is 1.73. The third-order valence-electron chi connectivity index (χ3n) is 4.67. The SMILES string of the molecule is COc1ncc(C)cc1SN1CCC2(CCC(=O)C2)CC1. The van der Waals surface area contributed by atoms with Crippen molar-refractivity contribution in [3.05, 3.63) is 17.8 Å². The second kappa shape index (κ2) is 5.97. The molecule has 2 aliphatic rings. The Morgan fingerprint density at radius 1 is 1.33 bits per heavy atom. The highest BCUT2D eigenvalue weighted by Gasteiger charge is 2.40. The molecule has 0 bridgehead atoms. The summed E-state index contributed by atoms with van der Waals surface area (Å²) in [4.78, 5) is 17.0. The minimum atomic E-state index is 0.309. The Kier molecular flexibility index (Phi) is 4.22. The van der Waals surface area contributed by atoms with Crippen LogP contribution in [0.1, 0.15) is 37.7 Å². The van der Waals surface area contributed by atoms with Gasteiger partial charge in [0.2, 0.25) is 5.88 Å². The van der Waals surface area contributed by atoms with Gasteiger partial charge in [0.1, 0.15) is 5.78 Å². The van der Waals surface area contributed by atoms with E-state index in [4.69, 9.17) is 4.74 Å². The van der Waals surface area contributed by atoms with Crippen molar-refractivity contribution in [1.29, 1.82) is 0 Å². The molecular weight excluding hydrogens is 284 g/mol. The number of methoxy groups -OCH3 is 1. The molecule has 2 fully saturated rings. The van der Waals surface area contributed by atoms with Crippen molar-refractivity contribution >= 4 is 17.7 Å². The molecule has 0 amide bonds. The van der Waals surface area contributed by atoms with E-state index in [9.17, 15) is 4.79 Å². The number of piperidine rings is 1. The number of nitrogens with zero attached hydrogens (tertiary/aromatic N) is 2. The monoisotopic (exact) mass is 306 g/mol. The molecule has 0 radical (unpaired) electrons. The van der Waals surface area contributed by atoms with Gasteiger partial charge in [-0.1, -0.05) is 0 Å². The average Bonchev–Trinajstić information content (AvgIpc) is 2.83. The van der Waals surface area contributed by atoms with Gasteiger partial charge in [0.15, 0.2) is 0 Å². The quantitative estimate of drug-likeness (QED) is 0.802. The molecule has 0 atom stereocenters. The van der Waals surface area contributed by atoms with Crippen LogP contribution in [-0.2, 0) is 4.79 Å². The first kappa shape index (κ1) is 14.9. The van der Waals surface area contributed by atoms with Crippen LogP contribution in [0.15, 0.2) is 17.2 Å². The third kappa shape index (κ3) is 3.24. The molecule has 1 saturated heterocycles. The number of Topliss-reactive ketones (excluding diaryl/α,β-unsaturated/α-hetero) is 1. The summed E-state index contributed by atoms with van der Waals surface area (Å²) in [5.74, 6) is 1.16. The number of ether oxygens (including phenoxy) is 1. The molecule has 1 saturated carbocycles. The van der Waals surface area contributed by atoms with Crippen LogP contribution >= 0.6 is 11.9 Å². The Bertz CT molecular complexity index is 539. The lowest BCUT2D eigenvalue weighted by atomic mass is 9.77. The number of aromatic nitrogens is 1. The van der Waals surface area contributed by atoms with Crippen LogP contribution in [0.2, 0.25) is 0 Å². The van der Waals surface area contributed by atoms with Crippen molar-refractivity contribution in [3.8, 4) is 5.88 Å². The minimum Gasteiger partial charge on any atom is -0.480 e. The predicted molar refractivity (Wildman–Crippen MR) is 83.5 cm³/mol. The van der Waals surface area contributed by atoms with Gasteiger partial charge in [0.05, 0.1) is 12.0 Å². The minimum absolute atomic E-state index is 0.309. The first-order valence-electron chi connectivity index (χ1n) is 7.55. The van der Waals surface area contributed by atoms with Crippen LogP contribution in [0.3, 0.4) is 0 Å². The molecule has 1 spiro atoms. The molecule has 1 aliphatic heterocycles. The zero-order valence-electron chi connectivity index (χ0n) is 12.7. The second-order valence-electron chi connectivity index (χ2n) is 6.26. The number of aryl methyl sites for hydroxylation is 1. The molecule has 0 unspecified atom stereocenters. The third-order valence-corrected chi connectivity index (χ3v) is 5.78. The van der Waals surface area contributed by atoms with Gasteiger partial charge in [-0.2, -0.15) is 0 Å². The molecule has 4 nitrogen and oxygen atoms in total. The topological polar surface area (TPSA) is 42.4 Å². The normalized spacial score (nSPS) is 21.9. The van der Waals surface area contributed by atoms with Gasteiger partial charge in [-0.3, -0.25) is 4.79 Å². The van der Waals surface area contributed by atoms with Crippen LogP contribution in [0, 0.1) is 12.3 Å². The fourth-order valence-corrected chi connectivity index (χ4v) is 4.46. The summed E-state index contributed by atoms with van der Waals surface area (Å²) in [6, 6.07) is 2.12. The van der Waals surface area contributed by atoms with Gasteiger partial charge in [0, 0.05) is 32.1 Å². The molecule has 5 heteroatoms. The zero-order chi connectivity index (χ0) is 14.9. The number of pyridine rings is 1. The maximum atomic E-state index is 11.6. The van der Waals surface area contributed by atoms with Crippen LogP contribution in [0.25, 0.3) is 0 Å². The highest BCUT2D eigenvalue weighted by atomic mass is 32.2. The van der Waals surface area contributed by atoms with E-state index in [1.165, 1.54) is 0 Å². The van der Waals surface area contributed by atoms with Gasteiger partial charge in [0.25, 0.3) is 0 Å². The van der Waals surface area contributed by atoms with E-state index in [1.807, 2.05) is 13.1 Å². The van der Waals surface area contributed by atoms with Gasteiger partial charge in [-0.05, 0) is 55.2 Å². The van der Waals surface area contributed by atoms with Gasteiger partial charge < -0.3 is 4.74 Å². The Morgan fingerprint density at radius 2 is 2.10 bits per heavy atom. The summed E-state index contributed by atoms with van der Waals surface area (Å²) < 4.78 is 7.73. The molecule has 1 aliphatic carbocycles. The molecule has 0 aromatic carbocycles. The summed E-state index contributed by atoms with van der Waals surface area (Å²) in [7, 11) is 1.66. The molecule has 1 aromatic rings. The molecule has 0 N–H and O–H groups in total. The average molecular weight is 306 g/mol. The first-order chi connectivity index (χ1) is 10.1. The van der Waals surface area contributed by atoms with Gasteiger partial charge in [-0.15, -0.1) is 0 Å². The fourth-order valence-electron chi connectivity index (χ4n) is 3.37. The Balaban J connectivity index is 1.63. The lowest BCUT2D eigenvalue weighted by Crippen LogP contribution is -2.35. The molecular formula is C16H22N2O2S. The fraction of sp³-hybridized carbons (Fsp3) is 0.625. The lowest BCUT2D eigenvalue weighted by Gasteiger charge is -2.38. The maximum absolute atomic E-state index is 11.6. The largest absolute Gasteiger partial charge is 0.480 e. The highest BCUT2D eigenvalue weighted by Crippen LogP contribution is 2.46. The summed E-state index contributed by atoms with van der Waals surface area (Å²) in [5, 5.41) is 0. The first-order valence-corrected chi connectivity index (χ1v) is 8.33. The van der Waals surface area contributed by atoms with E-state index in [-0.39, 0.29) is 0 Å². The second-order valence-corrected chi connectivity index (χ2v) is 7.39. The van der Waals surface area contributed by atoms with E-state index in [1.54, 1.807) is 19.1 Å². The predicted octanol–water partition coefficient (Wildman–Crippen LogP) is 3.24. The van der Waals surface area contributed by atoms with Crippen LogP contribution in [-0.4, -0.2) is 35.3 Å². The lowest BCUT2D eigenvalue weighted by molar-refractivity contribution is -0.118.